The molecule has 0 saturated heterocycles. The first-order valence-corrected chi connectivity index (χ1v) is 22.9. The SMILES string of the molecule is CCCCCC/C=C\CCCCCCCC(=O)O.CCCCCC/C=C\CCCCCCCC(=O)O.CCCCCC/C=C\CCCCCCCC(=O)O.[Ce]. The van der Waals surface area contributed by atoms with Crippen LogP contribution in [0.2, 0.25) is 0 Å². The molecule has 0 spiro atoms. The van der Waals surface area contributed by atoms with Crippen LogP contribution in [0.25, 0.3) is 0 Å². The maximum atomic E-state index is 10.3. The minimum atomic E-state index is -0.666. The first-order chi connectivity index (χ1) is 26.3. The minimum Gasteiger partial charge on any atom is -0.481 e. The van der Waals surface area contributed by atoms with Gasteiger partial charge in [0.2, 0.25) is 0 Å². The first-order valence-electron chi connectivity index (χ1n) is 22.9. The fourth-order valence-electron chi connectivity index (χ4n) is 5.98. The number of hydrogen-bond acceptors (Lipinski definition) is 3. The van der Waals surface area contributed by atoms with Crippen molar-refractivity contribution in [3.63, 3.8) is 0 Å². The summed E-state index contributed by atoms with van der Waals surface area (Å²) in [4.78, 5) is 30.9. The van der Waals surface area contributed by atoms with Crippen LogP contribution in [0.1, 0.15) is 252 Å². The van der Waals surface area contributed by atoms with Gasteiger partial charge < -0.3 is 15.3 Å². The molecule has 0 amide bonds. The van der Waals surface area contributed by atoms with Crippen LogP contribution in [-0.4, -0.2) is 33.2 Å². The van der Waals surface area contributed by atoms with E-state index in [1.807, 2.05) is 0 Å². The van der Waals surface area contributed by atoms with Crippen LogP contribution < -0.4 is 0 Å². The van der Waals surface area contributed by atoms with Crippen LogP contribution >= 0.6 is 0 Å². The molecule has 0 aliphatic heterocycles. The van der Waals surface area contributed by atoms with Gasteiger partial charge >= 0.3 is 17.9 Å². The van der Waals surface area contributed by atoms with Crippen molar-refractivity contribution < 1.29 is 71.5 Å². The molecule has 0 bridgehead atoms. The zero-order valence-corrected chi connectivity index (χ0v) is 39.6. The van der Waals surface area contributed by atoms with E-state index in [9.17, 15) is 14.4 Å². The minimum absolute atomic E-state index is 0. The summed E-state index contributed by atoms with van der Waals surface area (Å²) in [5, 5.41) is 25.4. The fourth-order valence-corrected chi connectivity index (χ4v) is 5.98. The molecule has 0 radical (unpaired) electrons. The van der Waals surface area contributed by atoms with Crippen LogP contribution in [0.4, 0.5) is 0 Å². The number of carboxylic acids is 3. The molecule has 3 N–H and O–H groups in total. The van der Waals surface area contributed by atoms with E-state index in [1.54, 1.807) is 0 Å². The molecule has 0 aliphatic carbocycles. The predicted molar refractivity (Wildman–Crippen MR) is 234 cm³/mol. The van der Waals surface area contributed by atoms with Crippen molar-refractivity contribution in [1.29, 1.82) is 0 Å². The zero-order valence-electron chi connectivity index (χ0n) is 36.5. The van der Waals surface area contributed by atoms with Crippen molar-refractivity contribution >= 4 is 17.9 Å². The third-order valence-electron chi connectivity index (χ3n) is 9.46. The number of allylic oxidation sites excluding steroid dienone is 6. The number of carboxylic acid groups (broad SMARTS) is 3. The number of unbranched alkanes of at least 4 members (excludes halogenated alkanes) is 27. The Kier molecular flexibility index (Phi) is 63.3. The topological polar surface area (TPSA) is 112 Å². The molecule has 6 nitrogen and oxygen atoms in total. The molecule has 0 aromatic rings. The van der Waals surface area contributed by atoms with Gasteiger partial charge in [0.05, 0.1) is 0 Å². The Morgan fingerprint density at radius 3 is 0.636 bits per heavy atom. The van der Waals surface area contributed by atoms with E-state index in [-0.39, 0.29) is 41.7 Å². The summed E-state index contributed by atoms with van der Waals surface area (Å²) < 4.78 is 0. The van der Waals surface area contributed by atoms with E-state index in [2.05, 4.69) is 57.2 Å². The Bertz CT molecular complexity index is 744. The molecule has 0 saturated carbocycles. The summed E-state index contributed by atoms with van der Waals surface area (Å²) in [7, 11) is 0. The van der Waals surface area contributed by atoms with Crippen molar-refractivity contribution in [2.75, 3.05) is 0 Å². The molecule has 0 aliphatic rings. The summed E-state index contributed by atoms with van der Waals surface area (Å²) in [6, 6.07) is 0. The van der Waals surface area contributed by atoms with Gasteiger partial charge in [0.25, 0.3) is 0 Å². The molecular weight excluding hydrogens is 813 g/mol. The average molecular weight is 903 g/mol. The number of hydrogen-bond donors (Lipinski definition) is 3. The summed E-state index contributed by atoms with van der Waals surface area (Å²) in [6.07, 6.45) is 55.0. The average Bonchev–Trinajstić information content (AvgIpc) is 3.14. The molecule has 0 rings (SSSR count). The smallest absolute Gasteiger partial charge is 0.303 e. The Labute approximate surface area is 375 Å². The van der Waals surface area contributed by atoms with Gasteiger partial charge in [0.1, 0.15) is 0 Å². The molecule has 0 heterocycles. The van der Waals surface area contributed by atoms with Gasteiger partial charge in [-0.3, -0.25) is 14.4 Å². The molecule has 0 unspecified atom stereocenters. The van der Waals surface area contributed by atoms with Crippen molar-refractivity contribution in [3.8, 4) is 0 Å². The third kappa shape index (κ3) is 71.2. The Balaban J connectivity index is -0.000000351. The molecule has 0 atom stereocenters. The zero-order chi connectivity index (χ0) is 40.4. The van der Waals surface area contributed by atoms with E-state index < -0.39 is 17.9 Å². The Hall–Kier alpha value is -0.993. The Morgan fingerprint density at radius 1 is 0.291 bits per heavy atom. The summed E-state index contributed by atoms with van der Waals surface area (Å²) in [5.74, 6) is -2.00. The summed E-state index contributed by atoms with van der Waals surface area (Å²) in [6.45, 7) is 6.73. The van der Waals surface area contributed by atoms with Crippen molar-refractivity contribution in [3.05, 3.63) is 36.5 Å². The van der Waals surface area contributed by atoms with E-state index in [1.165, 1.54) is 173 Å². The molecule has 7 heteroatoms. The molecule has 0 fully saturated rings. The fraction of sp³-hybridized carbons (Fsp3) is 0.812. The van der Waals surface area contributed by atoms with E-state index in [0.717, 1.165) is 38.5 Å². The van der Waals surface area contributed by atoms with Crippen molar-refractivity contribution in [2.45, 2.75) is 252 Å². The quantitative estimate of drug-likeness (QED) is 0.0418. The second kappa shape index (κ2) is 57.3. The summed E-state index contributed by atoms with van der Waals surface area (Å²) in [5.41, 5.74) is 0. The van der Waals surface area contributed by atoms with Crippen LogP contribution in [0, 0.1) is 41.7 Å². The maximum absolute atomic E-state index is 10.3. The normalized spacial score (nSPS) is 11.0. The second-order valence-electron chi connectivity index (χ2n) is 15.1. The van der Waals surface area contributed by atoms with Gasteiger partial charge in [-0.05, 0) is 96.3 Å². The number of rotatable bonds is 39. The van der Waals surface area contributed by atoms with E-state index in [0.29, 0.717) is 19.3 Å². The van der Waals surface area contributed by atoms with Crippen molar-refractivity contribution in [1.82, 2.24) is 0 Å². The van der Waals surface area contributed by atoms with Crippen LogP contribution in [0.15, 0.2) is 36.5 Å². The van der Waals surface area contributed by atoms with Crippen LogP contribution in [-0.2, 0) is 14.4 Å². The number of aliphatic carboxylic acids is 3. The predicted octanol–water partition coefficient (Wildman–Crippen LogP) is 16.0. The molecular formula is C48H90CeO6. The second-order valence-corrected chi connectivity index (χ2v) is 15.1. The third-order valence-corrected chi connectivity index (χ3v) is 9.46. The van der Waals surface area contributed by atoms with Gasteiger partial charge in [0.15, 0.2) is 0 Å². The maximum Gasteiger partial charge on any atom is 0.303 e. The van der Waals surface area contributed by atoms with Crippen LogP contribution in [0.3, 0.4) is 0 Å². The molecule has 0 aromatic heterocycles. The van der Waals surface area contributed by atoms with Crippen molar-refractivity contribution in [2.24, 2.45) is 0 Å². The van der Waals surface area contributed by atoms with Crippen LogP contribution in [0.5, 0.6) is 0 Å². The number of carbonyl (C=O) groups is 3. The molecule has 0 aromatic carbocycles. The van der Waals surface area contributed by atoms with E-state index >= 15 is 0 Å². The largest absolute Gasteiger partial charge is 0.481 e. The van der Waals surface area contributed by atoms with Gasteiger partial charge in [-0.15, -0.1) is 0 Å². The first kappa shape index (κ1) is 60.7. The van der Waals surface area contributed by atoms with Gasteiger partial charge in [-0.2, -0.15) is 0 Å². The van der Waals surface area contributed by atoms with E-state index in [4.69, 9.17) is 15.3 Å². The Morgan fingerprint density at radius 2 is 0.455 bits per heavy atom. The van der Waals surface area contributed by atoms with Gasteiger partial charge in [-0.1, -0.05) is 173 Å². The molecule has 55 heavy (non-hydrogen) atoms. The standard InChI is InChI=1S/3C16H30O2.Ce/c3*1-2-3-4-5-6-7-8-9-10-11-12-13-14-15-16(17)18;/h3*7-8H,2-6,9-15H2,1H3,(H,17,18);/b3*8-7-;. The monoisotopic (exact) mass is 903 g/mol. The van der Waals surface area contributed by atoms with Gasteiger partial charge in [0, 0.05) is 61.0 Å². The van der Waals surface area contributed by atoms with Gasteiger partial charge in [-0.25, -0.2) is 0 Å². The summed E-state index contributed by atoms with van der Waals surface area (Å²) >= 11 is 0. The molecule has 322 valence electrons.